The minimum absolute atomic E-state index is 0.0656. The predicted molar refractivity (Wildman–Crippen MR) is 113 cm³/mol. The van der Waals surface area contributed by atoms with Crippen LogP contribution in [0.2, 0.25) is 0 Å². The van der Waals surface area contributed by atoms with E-state index in [9.17, 15) is 18.0 Å². The Labute approximate surface area is 182 Å². The fourth-order valence-electron chi connectivity index (χ4n) is 5.79. The summed E-state index contributed by atoms with van der Waals surface area (Å²) in [6.45, 7) is 3.23. The Hall–Kier alpha value is -2.13. The first-order valence-electron chi connectivity index (χ1n) is 10.9. The molecule has 8 nitrogen and oxygen atoms in total. The molecule has 1 saturated carbocycles. The molecule has 0 radical (unpaired) electrons. The number of amides is 3. The molecule has 2 spiro atoms. The third kappa shape index (κ3) is 3.93. The number of urea groups is 1. The van der Waals surface area contributed by atoms with E-state index in [0.29, 0.717) is 30.5 Å². The summed E-state index contributed by atoms with van der Waals surface area (Å²) in [5.41, 5.74) is 1.01. The predicted octanol–water partition coefficient (Wildman–Crippen LogP) is 1.06. The molecule has 9 heteroatoms. The van der Waals surface area contributed by atoms with E-state index < -0.39 is 15.4 Å². The number of carbonyl (C=O) groups excluding carboxylic acids is 2. The van der Waals surface area contributed by atoms with E-state index in [-0.39, 0.29) is 24.0 Å². The molecular formula is C22H29N3O5S. The lowest BCUT2D eigenvalue weighted by molar-refractivity contribution is -0.142. The van der Waals surface area contributed by atoms with Crippen LogP contribution in [0.3, 0.4) is 0 Å². The zero-order valence-electron chi connectivity index (χ0n) is 17.8. The Kier molecular flexibility index (Phi) is 4.82. The van der Waals surface area contributed by atoms with E-state index in [1.54, 1.807) is 17.0 Å². The second-order valence-corrected chi connectivity index (χ2v) is 12.1. The quantitative estimate of drug-likeness (QED) is 0.747. The van der Waals surface area contributed by atoms with Crippen molar-refractivity contribution in [2.24, 2.45) is 11.3 Å². The zero-order valence-corrected chi connectivity index (χ0v) is 18.6. The molecule has 0 aromatic heterocycles. The largest absolute Gasteiger partial charge is 0.369 e. The first kappa shape index (κ1) is 20.8. The van der Waals surface area contributed by atoms with Gasteiger partial charge >= 0.3 is 6.03 Å². The van der Waals surface area contributed by atoms with E-state index in [1.807, 2.05) is 17.0 Å². The van der Waals surface area contributed by atoms with Gasteiger partial charge in [-0.15, -0.1) is 0 Å². The number of nitrogens with zero attached hydrogens (tertiary/aromatic N) is 2. The third-order valence-electron chi connectivity index (χ3n) is 7.28. The first-order chi connectivity index (χ1) is 14.7. The molecule has 4 aliphatic rings. The van der Waals surface area contributed by atoms with E-state index in [4.69, 9.17) is 4.74 Å². The van der Waals surface area contributed by atoms with Gasteiger partial charge in [-0.3, -0.25) is 4.79 Å². The van der Waals surface area contributed by atoms with Crippen LogP contribution >= 0.6 is 0 Å². The zero-order chi connectivity index (χ0) is 21.9. The molecule has 168 valence electrons. The van der Waals surface area contributed by atoms with Gasteiger partial charge in [0, 0.05) is 37.8 Å². The highest BCUT2D eigenvalue weighted by Crippen LogP contribution is 2.49. The van der Waals surface area contributed by atoms with Crippen LogP contribution in [0.4, 0.5) is 4.79 Å². The Morgan fingerprint density at radius 2 is 1.84 bits per heavy atom. The molecule has 31 heavy (non-hydrogen) atoms. The van der Waals surface area contributed by atoms with Gasteiger partial charge in [0.2, 0.25) is 5.91 Å². The summed E-state index contributed by atoms with van der Waals surface area (Å²) in [5, 5.41) is 2.97. The van der Waals surface area contributed by atoms with Crippen molar-refractivity contribution in [3.8, 4) is 0 Å². The van der Waals surface area contributed by atoms with Crippen LogP contribution in [0, 0.1) is 11.3 Å². The summed E-state index contributed by atoms with van der Waals surface area (Å²) in [5.74, 6) is 0.465. The molecule has 3 heterocycles. The van der Waals surface area contributed by atoms with E-state index in [2.05, 4.69) is 5.32 Å². The van der Waals surface area contributed by atoms with Crippen LogP contribution in [-0.2, 0) is 25.8 Å². The highest BCUT2D eigenvalue weighted by atomic mass is 32.2. The lowest BCUT2D eigenvalue weighted by Gasteiger charge is -2.56. The molecule has 3 amide bonds. The number of carbonyl (C=O) groups is 2. The number of hydrogen-bond acceptors (Lipinski definition) is 5. The topological polar surface area (TPSA) is 96.0 Å². The highest BCUT2D eigenvalue weighted by molar-refractivity contribution is 7.90. The molecule has 1 aliphatic carbocycles. The van der Waals surface area contributed by atoms with Crippen molar-refractivity contribution in [3.63, 3.8) is 0 Å². The number of morpholine rings is 1. The number of rotatable bonds is 3. The number of ether oxygens (including phenoxy) is 1. The van der Waals surface area contributed by atoms with Crippen LogP contribution in [-0.4, -0.2) is 81.3 Å². The number of hydrogen-bond donors (Lipinski definition) is 1. The number of benzene rings is 1. The third-order valence-corrected chi connectivity index (χ3v) is 8.41. The minimum Gasteiger partial charge on any atom is -0.369 e. The standard InChI is InChI=1S/C22H29N3O5S/c1-31(28,29)18-4-2-16(3-5-18)8-17-6-7-21(9-17)11-24(12-21)20(27)25-13-22(14-25)15-30-10-19(26)23-22/h2-5,17H,6-15H2,1H3,(H,23,26)/t17-/m1/s1. The van der Waals surface area contributed by atoms with Gasteiger partial charge in [0.15, 0.2) is 9.84 Å². The average Bonchev–Trinajstić information content (AvgIpc) is 3.08. The fourth-order valence-corrected chi connectivity index (χ4v) is 6.42. The van der Waals surface area contributed by atoms with Crippen LogP contribution in [0.1, 0.15) is 24.8 Å². The maximum Gasteiger partial charge on any atom is 0.320 e. The van der Waals surface area contributed by atoms with Crippen LogP contribution < -0.4 is 5.32 Å². The molecule has 1 aromatic rings. The Bertz CT molecular complexity index is 994. The maximum absolute atomic E-state index is 12.8. The minimum atomic E-state index is -3.16. The molecule has 1 aromatic carbocycles. The maximum atomic E-state index is 12.8. The summed E-state index contributed by atoms with van der Waals surface area (Å²) in [7, 11) is -3.16. The lowest BCUT2D eigenvalue weighted by Crippen LogP contribution is -2.77. The number of likely N-dealkylation sites (tertiary alicyclic amines) is 2. The molecule has 0 bridgehead atoms. The van der Waals surface area contributed by atoms with Gasteiger partial charge in [-0.25, -0.2) is 13.2 Å². The van der Waals surface area contributed by atoms with Crippen molar-refractivity contribution in [2.45, 2.75) is 36.1 Å². The summed E-state index contributed by atoms with van der Waals surface area (Å²) < 4.78 is 28.6. The van der Waals surface area contributed by atoms with Gasteiger partial charge in [-0.2, -0.15) is 0 Å². The van der Waals surface area contributed by atoms with Crippen LogP contribution in [0.15, 0.2) is 29.2 Å². The number of nitrogens with one attached hydrogen (secondary N) is 1. The molecule has 3 saturated heterocycles. The second kappa shape index (κ2) is 7.20. The van der Waals surface area contributed by atoms with Crippen LogP contribution in [0.5, 0.6) is 0 Å². The highest BCUT2D eigenvalue weighted by Gasteiger charge is 2.54. The lowest BCUT2D eigenvalue weighted by atomic mass is 9.77. The van der Waals surface area contributed by atoms with Gasteiger partial charge in [0.05, 0.1) is 17.0 Å². The molecule has 1 atom stereocenters. The van der Waals surface area contributed by atoms with Crippen molar-refractivity contribution in [1.82, 2.24) is 15.1 Å². The Morgan fingerprint density at radius 3 is 2.48 bits per heavy atom. The summed E-state index contributed by atoms with van der Waals surface area (Å²) >= 11 is 0. The normalized spacial score (nSPS) is 26.5. The average molecular weight is 448 g/mol. The molecule has 4 fully saturated rings. The van der Waals surface area contributed by atoms with Crippen molar-refractivity contribution < 1.29 is 22.7 Å². The first-order valence-corrected chi connectivity index (χ1v) is 12.8. The molecule has 5 rings (SSSR count). The summed E-state index contributed by atoms with van der Waals surface area (Å²) in [6, 6.07) is 7.30. The molecule has 1 N–H and O–H groups in total. The molecular weight excluding hydrogens is 418 g/mol. The second-order valence-electron chi connectivity index (χ2n) is 10.0. The van der Waals surface area contributed by atoms with Gasteiger partial charge in [-0.1, -0.05) is 12.1 Å². The van der Waals surface area contributed by atoms with Crippen molar-refractivity contribution >= 4 is 21.8 Å². The smallest absolute Gasteiger partial charge is 0.320 e. The van der Waals surface area contributed by atoms with Gasteiger partial charge in [-0.05, 0) is 49.3 Å². The van der Waals surface area contributed by atoms with Gasteiger partial charge in [0.25, 0.3) is 0 Å². The van der Waals surface area contributed by atoms with Crippen LogP contribution in [0.25, 0.3) is 0 Å². The summed E-state index contributed by atoms with van der Waals surface area (Å²) in [6.07, 6.45) is 5.57. The Balaban J connectivity index is 1.10. The molecule has 0 unspecified atom stereocenters. The monoisotopic (exact) mass is 447 g/mol. The summed E-state index contributed by atoms with van der Waals surface area (Å²) in [4.78, 5) is 28.5. The van der Waals surface area contributed by atoms with Gasteiger partial charge in [0.1, 0.15) is 6.61 Å². The van der Waals surface area contributed by atoms with Crippen molar-refractivity contribution in [3.05, 3.63) is 29.8 Å². The van der Waals surface area contributed by atoms with Crippen molar-refractivity contribution in [1.29, 1.82) is 0 Å². The van der Waals surface area contributed by atoms with E-state index in [1.165, 1.54) is 11.8 Å². The molecule has 3 aliphatic heterocycles. The SMILES string of the molecule is CS(=O)(=O)c1ccc(C[C@H]2CCC3(C2)CN(C(=O)N2CC4(COCC(=O)N4)C2)C3)cc1. The van der Waals surface area contributed by atoms with E-state index in [0.717, 1.165) is 38.8 Å². The fraction of sp³-hybridized carbons (Fsp3) is 0.636. The van der Waals surface area contributed by atoms with E-state index >= 15 is 0 Å². The van der Waals surface area contributed by atoms with Crippen molar-refractivity contribution in [2.75, 3.05) is 45.6 Å². The van der Waals surface area contributed by atoms with Gasteiger partial charge < -0.3 is 19.9 Å². The Morgan fingerprint density at radius 1 is 1.16 bits per heavy atom. The number of sulfone groups is 1.